The number of aromatic nitrogens is 2. The van der Waals surface area contributed by atoms with Gasteiger partial charge in [0.25, 0.3) is 0 Å². The largest absolute Gasteiger partial charge is 0.469 e. The molecule has 6 heteroatoms. The highest BCUT2D eigenvalue weighted by atomic mass is 79.9. The number of nitrogens with two attached hydrogens (primary N) is 1. The lowest BCUT2D eigenvalue weighted by molar-refractivity contribution is 0.478. The van der Waals surface area contributed by atoms with Crippen molar-refractivity contribution < 1.29 is 4.42 Å². The zero-order valence-electron chi connectivity index (χ0n) is 12.8. The lowest BCUT2D eigenvalue weighted by Gasteiger charge is -2.17. The third kappa shape index (κ3) is 3.22. The first-order valence-corrected chi connectivity index (χ1v) is 8.21. The predicted octanol–water partition coefficient (Wildman–Crippen LogP) is 3.13. The van der Waals surface area contributed by atoms with Crippen LogP contribution in [0.25, 0.3) is 0 Å². The van der Waals surface area contributed by atoms with E-state index in [2.05, 4.69) is 47.2 Å². The highest BCUT2D eigenvalue weighted by molar-refractivity contribution is 9.10. The smallest absolute Gasteiger partial charge is 0.108 e. The van der Waals surface area contributed by atoms with Crippen molar-refractivity contribution in [1.82, 2.24) is 15.2 Å². The van der Waals surface area contributed by atoms with E-state index in [4.69, 9.17) is 10.3 Å². The van der Waals surface area contributed by atoms with Crippen LogP contribution in [0.5, 0.6) is 0 Å². The summed E-state index contributed by atoms with van der Waals surface area (Å²) >= 11 is 3.68. The summed E-state index contributed by atoms with van der Waals surface area (Å²) in [5, 5.41) is 4.64. The molecule has 2 rings (SSSR count). The molecule has 0 spiro atoms. The minimum atomic E-state index is 0.0155. The molecule has 0 saturated carbocycles. The first-order chi connectivity index (χ1) is 10.2. The number of halogens is 1. The van der Waals surface area contributed by atoms with Gasteiger partial charge in [-0.1, -0.05) is 13.8 Å². The molecule has 2 aromatic heterocycles. The van der Waals surface area contributed by atoms with Gasteiger partial charge in [-0.05, 0) is 35.3 Å². The summed E-state index contributed by atoms with van der Waals surface area (Å²) in [5.41, 5.74) is 6.29. The third-order valence-electron chi connectivity index (χ3n) is 3.77. The first-order valence-electron chi connectivity index (χ1n) is 7.42. The number of aryl methyl sites for hydroxylation is 3. The van der Waals surface area contributed by atoms with E-state index in [-0.39, 0.29) is 6.04 Å². The summed E-state index contributed by atoms with van der Waals surface area (Å²) < 4.78 is 8.65. The Kier molecular flexibility index (Phi) is 5.61. The number of hydrogen-bond donors (Lipinski definition) is 2. The molecule has 3 N–H and O–H groups in total. The van der Waals surface area contributed by atoms with Gasteiger partial charge in [-0.25, -0.2) is 0 Å². The number of hydrazine groups is 1. The topological polar surface area (TPSA) is 69.0 Å². The monoisotopic (exact) mass is 354 g/mol. The zero-order valence-corrected chi connectivity index (χ0v) is 14.4. The van der Waals surface area contributed by atoms with Gasteiger partial charge >= 0.3 is 0 Å². The summed E-state index contributed by atoms with van der Waals surface area (Å²) in [7, 11) is 0. The Bertz CT molecular complexity index is 591. The molecule has 0 aromatic carbocycles. The van der Waals surface area contributed by atoms with Crippen molar-refractivity contribution in [2.75, 3.05) is 0 Å². The van der Waals surface area contributed by atoms with E-state index < -0.39 is 0 Å². The van der Waals surface area contributed by atoms with Gasteiger partial charge in [-0.3, -0.25) is 16.0 Å². The molecule has 1 unspecified atom stereocenters. The summed E-state index contributed by atoms with van der Waals surface area (Å²) in [6, 6.07) is 2.01. The predicted molar refractivity (Wildman–Crippen MR) is 86.8 cm³/mol. The molecule has 0 radical (unpaired) electrons. The van der Waals surface area contributed by atoms with Crippen LogP contribution in [0.1, 0.15) is 49.5 Å². The Morgan fingerprint density at radius 1 is 1.38 bits per heavy atom. The van der Waals surface area contributed by atoms with Gasteiger partial charge in [0.05, 0.1) is 28.2 Å². The van der Waals surface area contributed by atoms with Crippen molar-refractivity contribution >= 4 is 15.9 Å². The van der Waals surface area contributed by atoms with E-state index in [1.807, 2.05) is 10.7 Å². The van der Waals surface area contributed by atoms with Gasteiger partial charge in [-0.15, -0.1) is 0 Å². The Balaban J connectivity index is 2.33. The van der Waals surface area contributed by atoms with Gasteiger partial charge < -0.3 is 4.42 Å². The average molecular weight is 355 g/mol. The Morgan fingerprint density at radius 3 is 2.71 bits per heavy atom. The number of hydrogen-bond acceptors (Lipinski definition) is 4. The third-order valence-corrected chi connectivity index (χ3v) is 4.68. The van der Waals surface area contributed by atoms with Crippen LogP contribution in [0.2, 0.25) is 0 Å². The van der Waals surface area contributed by atoms with E-state index >= 15 is 0 Å². The van der Waals surface area contributed by atoms with E-state index in [0.717, 1.165) is 47.3 Å². The van der Waals surface area contributed by atoms with Crippen LogP contribution in [0.15, 0.2) is 21.2 Å². The number of nitrogens with zero attached hydrogens (tertiary/aromatic N) is 2. The quantitative estimate of drug-likeness (QED) is 0.591. The second kappa shape index (κ2) is 7.24. The molecule has 0 aliphatic rings. The molecule has 0 bridgehead atoms. The first kappa shape index (κ1) is 16.3. The molecule has 1 atom stereocenters. The molecule has 21 heavy (non-hydrogen) atoms. The normalized spacial score (nSPS) is 12.8. The van der Waals surface area contributed by atoms with Crippen LogP contribution in [0.4, 0.5) is 0 Å². The van der Waals surface area contributed by atoms with Crippen molar-refractivity contribution in [2.45, 2.75) is 52.6 Å². The van der Waals surface area contributed by atoms with Gasteiger partial charge in [0.2, 0.25) is 0 Å². The van der Waals surface area contributed by atoms with Crippen LogP contribution >= 0.6 is 15.9 Å². The molecular weight excluding hydrogens is 332 g/mol. The highest BCUT2D eigenvalue weighted by Gasteiger charge is 2.21. The zero-order chi connectivity index (χ0) is 15.4. The average Bonchev–Trinajstić information content (AvgIpc) is 3.09. The molecule has 2 aromatic rings. The van der Waals surface area contributed by atoms with Crippen molar-refractivity contribution in [1.29, 1.82) is 0 Å². The van der Waals surface area contributed by atoms with Gasteiger partial charge in [0.1, 0.15) is 5.76 Å². The standard InChI is InChI=1S/C15H23BrN4O/c1-4-11-15(16)13(20(6-3)19-11)9-12(18-17)10-7-8-21-14(10)5-2/h7-8,12,18H,4-6,9,17H2,1-3H3. The van der Waals surface area contributed by atoms with Crippen molar-refractivity contribution in [2.24, 2.45) is 5.84 Å². The minimum absolute atomic E-state index is 0.0155. The van der Waals surface area contributed by atoms with Gasteiger partial charge in [0, 0.05) is 24.9 Å². The molecule has 0 amide bonds. The summed E-state index contributed by atoms with van der Waals surface area (Å²) in [4.78, 5) is 0. The molecule has 5 nitrogen and oxygen atoms in total. The van der Waals surface area contributed by atoms with Gasteiger partial charge in [0.15, 0.2) is 0 Å². The summed E-state index contributed by atoms with van der Waals surface area (Å²) in [6.45, 7) is 7.14. The Morgan fingerprint density at radius 2 is 2.14 bits per heavy atom. The molecule has 0 aliphatic carbocycles. The second-order valence-corrected chi connectivity index (χ2v) is 5.75. The fourth-order valence-corrected chi connectivity index (χ4v) is 3.34. The van der Waals surface area contributed by atoms with E-state index in [1.165, 1.54) is 5.69 Å². The van der Waals surface area contributed by atoms with Crippen molar-refractivity contribution in [3.8, 4) is 0 Å². The lowest BCUT2D eigenvalue weighted by Crippen LogP contribution is -2.30. The van der Waals surface area contributed by atoms with Gasteiger partial charge in [-0.2, -0.15) is 5.10 Å². The van der Waals surface area contributed by atoms with Crippen molar-refractivity contribution in [3.63, 3.8) is 0 Å². The molecule has 116 valence electrons. The fraction of sp³-hybridized carbons (Fsp3) is 0.533. The fourth-order valence-electron chi connectivity index (χ4n) is 2.61. The van der Waals surface area contributed by atoms with Crippen molar-refractivity contribution in [3.05, 3.63) is 39.5 Å². The molecule has 0 fully saturated rings. The number of rotatable bonds is 7. The molecule has 0 aliphatic heterocycles. The highest BCUT2D eigenvalue weighted by Crippen LogP contribution is 2.29. The molecule has 0 saturated heterocycles. The van der Waals surface area contributed by atoms with Crippen LogP contribution in [-0.4, -0.2) is 9.78 Å². The maximum Gasteiger partial charge on any atom is 0.108 e. The van der Waals surface area contributed by atoms with E-state index in [0.29, 0.717) is 0 Å². The SMILES string of the molecule is CCc1nn(CC)c(CC(NN)c2ccoc2CC)c1Br. The summed E-state index contributed by atoms with van der Waals surface area (Å²) in [6.07, 6.45) is 4.26. The molecular formula is C15H23BrN4O. The Hall–Kier alpha value is -1.11. The maximum absolute atomic E-state index is 5.78. The molecule has 2 heterocycles. The van der Waals surface area contributed by atoms with E-state index in [1.54, 1.807) is 6.26 Å². The van der Waals surface area contributed by atoms with Crippen LogP contribution in [0, 0.1) is 0 Å². The van der Waals surface area contributed by atoms with Crippen LogP contribution < -0.4 is 11.3 Å². The summed E-state index contributed by atoms with van der Waals surface area (Å²) in [5.74, 6) is 6.76. The Labute approximate surface area is 134 Å². The number of furan rings is 1. The maximum atomic E-state index is 5.78. The second-order valence-electron chi connectivity index (χ2n) is 4.95. The number of nitrogens with one attached hydrogen (secondary N) is 1. The van der Waals surface area contributed by atoms with Crippen LogP contribution in [0.3, 0.4) is 0 Å². The lowest BCUT2D eigenvalue weighted by atomic mass is 10.0. The van der Waals surface area contributed by atoms with E-state index in [9.17, 15) is 0 Å². The van der Waals surface area contributed by atoms with Crippen LogP contribution in [-0.2, 0) is 25.8 Å². The minimum Gasteiger partial charge on any atom is -0.469 e.